The van der Waals surface area contributed by atoms with E-state index in [9.17, 15) is 29.1 Å². The van der Waals surface area contributed by atoms with E-state index >= 15 is 0 Å². The predicted molar refractivity (Wildman–Crippen MR) is 217 cm³/mol. The molecule has 0 radical (unpaired) electrons. The van der Waals surface area contributed by atoms with Crippen LogP contribution < -0.4 is 20.6 Å². The molecular weight excluding hydrogens is 745 g/mol. The number of unbranched alkanes of at least 4 members (excludes halogenated alkanes) is 2. The average molecular weight is 803 g/mol. The zero-order chi connectivity index (χ0) is 41.6. The smallest absolute Gasteiger partial charge is 0.508 e. The van der Waals surface area contributed by atoms with E-state index in [0.717, 1.165) is 75.9 Å². The van der Waals surface area contributed by atoms with Crippen molar-refractivity contribution in [3.63, 3.8) is 0 Å². The molecule has 0 bridgehead atoms. The SMILES string of the molecule is CCCCOC(=O)OCCC(=O)NC1=CC(=[N+]2/CCCCC2C)/C=CC/1=C1\C(=O)C(c2ccc(N3CCCCC3C)cc2NC(=O)CCOC(=O)OCCCC)=C1[O-]. The summed E-state index contributed by atoms with van der Waals surface area (Å²) in [6.45, 7) is 9.91. The number of nitrogens with one attached hydrogen (secondary N) is 2. The molecule has 314 valence electrons. The van der Waals surface area contributed by atoms with Gasteiger partial charge in [-0.25, -0.2) is 14.2 Å². The third-order valence-corrected chi connectivity index (χ3v) is 10.8. The molecule has 0 saturated carbocycles. The Hall–Kier alpha value is -5.40. The predicted octanol–water partition coefficient (Wildman–Crippen LogP) is 6.24. The highest BCUT2D eigenvalue weighted by Gasteiger charge is 2.35. The second-order valence-corrected chi connectivity index (χ2v) is 15.1. The van der Waals surface area contributed by atoms with Crippen LogP contribution in [0.25, 0.3) is 5.57 Å². The molecule has 2 heterocycles. The summed E-state index contributed by atoms with van der Waals surface area (Å²) in [4.78, 5) is 66.7. The quantitative estimate of drug-likeness (QED) is 0.0838. The molecule has 2 amide bonds. The summed E-state index contributed by atoms with van der Waals surface area (Å²) < 4.78 is 22.4. The van der Waals surface area contributed by atoms with Gasteiger partial charge in [0.2, 0.25) is 17.5 Å². The highest BCUT2D eigenvalue weighted by Crippen LogP contribution is 2.42. The van der Waals surface area contributed by atoms with Crippen molar-refractivity contribution in [3.8, 4) is 0 Å². The Bertz CT molecular complexity index is 1880. The fourth-order valence-corrected chi connectivity index (χ4v) is 7.47. The number of benzene rings is 1. The number of carbonyl (C=O) groups is 5. The molecule has 2 aliphatic heterocycles. The van der Waals surface area contributed by atoms with Gasteiger partial charge in [0, 0.05) is 65.6 Å². The van der Waals surface area contributed by atoms with Crippen LogP contribution in [0.4, 0.5) is 21.0 Å². The van der Waals surface area contributed by atoms with Gasteiger partial charge in [0.1, 0.15) is 19.8 Å². The molecule has 2 saturated heterocycles. The molecule has 14 heteroatoms. The number of carbonyl (C=O) groups excluding carboxylic acids is 5. The maximum absolute atomic E-state index is 14.2. The summed E-state index contributed by atoms with van der Waals surface area (Å²) in [5.41, 5.74) is 2.64. The Kier molecular flexibility index (Phi) is 16.1. The zero-order valence-corrected chi connectivity index (χ0v) is 34.3. The van der Waals surface area contributed by atoms with Gasteiger partial charge in [-0.15, -0.1) is 0 Å². The number of hydrogen-bond acceptors (Lipinski definition) is 11. The largest absolute Gasteiger partial charge is 0.871 e. The Morgan fingerprint density at radius 1 is 0.810 bits per heavy atom. The van der Waals surface area contributed by atoms with E-state index in [1.165, 1.54) is 0 Å². The Morgan fingerprint density at radius 3 is 2.07 bits per heavy atom. The first kappa shape index (κ1) is 43.7. The van der Waals surface area contributed by atoms with E-state index in [1.54, 1.807) is 24.3 Å². The molecule has 58 heavy (non-hydrogen) atoms. The maximum atomic E-state index is 14.2. The summed E-state index contributed by atoms with van der Waals surface area (Å²) in [6, 6.07) is 5.83. The lowest BCUT2D eigenvalue weighted by molar-refractivity contribution is -0.571. The van der Waals surface area contributed by atoms with Crippen LogP contribution in [0.15, 0.2) is 59.0 Å². The molecular formula is C44H58N4O10. The number of amides is 2. The first-order valence-electron chi connectivity index (χ1n) is 20.9. The summed E-state index contributed by atoms with van der Waals surface area (Å²) in [6.07, 6.45) is 12.7. The van der Waals surface area contributed by atoms with Crippen LogP contribution in [0.2, 0.25) is 0 Å². The van der Waals surface area contributed by atoms with Gasteiger partial charge >= 0.3 is 12.3 Å². The number of Topliss-reactive ketones (excluding diaryl/α,β-unsaturated/α-hetero) is 1. The molecule has 1 aromatic rings. The van der Waals surface area contributed by atoms with Crippen molar-refractivity contribution in [1.29, 1.82) is 0 Å². The molecule has 2 N–H and O–H groups in total. The minimum Gasteiger partial charge on any atom is -0.871 e. The van der Waals surface area contributed by atoms with Gasteiger partial charge in [-0.1, -0.05) is 38.5 Å². The Balaban J connectivity index is 1.42. The van der Waals surface area contributed by atoms with E-state index < -0.39 is 35.7 Å². The normalized spacial score (nSPS) is 21.8. The molecule has 1 aromatic carbocycles. The van der Waals surface area contributed by atoms with Crippen LogP contribution in [-0.2, 0) is 33.3 Å². The summed E-state index contributed by atoms with van der Waals surface area (Å²) in [5.74, 6) is -1.99. The molecule has 4 aliphatic rings. The minimum absolute atomic E-state index is 0.0831. The number of rotatable bonds is 16. The number of anilines is 2. The summed E-state index contributed by atoms with van der Waals surface area (Å²) in [7, 11) is 0. The van der Waals surface area contributed by atoms with Gasteiger partial charge < -0.3 is 39.6 Å². The third kappa shape index (κ3) is 11.4. The number of hydrogen-bond donors (Lipinski definition) is 2. The van der Waals surface area contributed by atoms with Crippen LogP contribution in [0.5, 0.6) is 0 Å². The van der Waals surface area contributed by atoms with Gasteiger partial charge in [0.25, 0.3) is 0 Å². The fourth-order valence-electron chi connectivity index (χ4n) is 7.47. The summed E-state index contributed by atoms with van der Waals surface area (Å²) >= 11 is 0. The van der Waals surface area contributed by atoms with Crippen LogP contribution in [-0.4, -0.2) is 91.8 Å². The molecule has 14 nitrogen and oxygen atoms in total. The van der Waals surface area contributed by atoms with Gasteiger partial charge in [-0.2, -0.15) is 0 Å². The van der Waals surface area contributed by atoms with Crippen LogP contribution in [0, 0.1) is 0 Å². The van der Waals surface area contributed by atoms with E-state index in [2.05, 4.69) is 34.0 Å². The lowest BCUT2D eigenvalue weighted by Gasteiger charge is -2.37. The molecule has 2 atom stereocenters. The average Bonchev–Trinajstić information content (AvgIpc) is 3.20. The van der Waals surface area contributed by atoms with E-state index in [4.69, 9.17) is 18.9 Å². The second kappa shape index (κ2) is 21.4. The van der Waals surface area contributed by atoms with Gasteiger partial charge in [-0.05, 0) is 70.6 Å². The number of nitrogens with zero attached hydrogens (tertiary/aromatic N) is 2. The van der Waals surface area contributed by atoms with Crippen LogP contribution in [0.3, 0.4) is 0 Å². The lowest BCUT2D eigenvalue weighted by atomic mass is 9.78. The monoisotopic (exact) mass is 802 g/mol. The summed E-state index contributed by atoms with van der Waals surface area (Å²) in [5, 5.41) is 19.9. The zero-order valence-electron chi connectivity index (χ0n) is 34.3. The minimum atomic E-state index is -0.850. The molecule has 5 rings (SSSR count). The highest BCUT2D eigenvalue weighted by molar-refractivity contribution is 6.40. The number of piperidine rings is 2. The number of ketones is 1. The topological polar surface area (TPSA) is 176 Å². The molecule has 2 unspecified atom stereocenters. The van der Waals surface area contributed by atoms with Crippen molar-refractivity contribution < 1.29 is 52.6 Å². The van der Waals surface area contributed by atoms with Crippen molar-refractivity contribution in [1.82, 2.24) is 5.32 Å². The van der Waals surface area contributed by atoms with Gasteiger partial charge in [-0.3, -0.25) is 14.4 Å². The number of ether oxygens (including phenoxy) is 4. The van der Waals surface area contributed by atoms with E-state index in [-0.39, 0.29) is 85.0 Å². The highest BCUT2D eigenvalue weighted by atomic mass is 16.7. The maximum Gasteiger partial charge on any atom is 0.508 e. The number of allylic oxidation sites excluding steroid dienone is 5. The second-order valence-electron chi connectivity index (χ2n) is 15.1. The third-order valence-electron chi connectivity index (χ3n) is 10.8. The van der Waals surface area contributed by atoms with E-state index in [1.807, 2.05) is 26.0 Å². The van der Waals surface area contributed by atoms with E-state index in [0.29, 0.717) is 12.8 Å². The van der Waals surface area contributed by atoms with Crippen molar-refractivity contribution >= 4 is 52.6 Å². The standard InChI is InChI=1S/C44H58N4O10/c1-5-7-23-55-43(53)57-25-19-37(49)45-35-27-31(47-21-11-9-13-29(47)3)15-17-33(35)39-41(51)40(42(39)52)34-18-16-32(48-22-12-10-14-30(48)4)28-36(34)46-38(50)20-26-58-44(54)56-24-8-6-2/h15-18,27-30H,5-14,19-26H2,1-4H3,(H2,45,46,49,50,51,52). The first-order chi connectivity index (χ1) is 28.0. The molecule has 0 aromatic heterocycles. The fraction of sp³-hybridized carbons (Fsp3) is 0.545. The molecule has 2 aliphatic carbocycles. The first-order valence-corrected chi connectivity index (χ1v) is 20.9. The molecule has 0 spiro atoms. The Labute approximate surface area is 341 Å². The van der Waals surface area contributed by atoms with Gasteiger partial charge in [0.15, 0.2) is 11.8 Å². The van der Waals surface area contributed by atoms with Crippen molar-refractivity contribution in [2.24, 2.45) is 0 Å². The van der Waals surface area contributed by atoms with Gasteiger partial charge in [0.05, 0.1) is 37.4 Å². The van der Waals surface area contributed by atoms with Crippen LogP contribution >= 0.6 is 0 Å². The lowest BCUT2D eigenvalue weighted by Crippen LogP contribution is -2.37. The van der Waals surface area contributed by atoms with Crippen molar-refractivity contribution in [2.45, 2.75) is 117 Å². The van der Waals surface area contributed by atoms with Crippen molar-refractivity contribution in [3.05, 3.63) is 64.6 Å². The Morgan fingerprint density at radius 2 is 1.45 bits per heavy atom. The van der Waals surface area contributed by atoms with Crippen molar-refractivity contribution in [2.75, 3.05) is 49.7 Å². The molecule has 2 fully saturated rings. The van der Waals surface area contributed by atoms with Crippen LogP contribution in [0.1, 0.15) is 110 Å².